The van der Waals surface area contributed by atoms with Crippen molar-refractivity contribution in [2.24, 2.45) is 5.92 Å². The highest BCUT2D eigenvalue weighted by Crippen LogP contribution is 2.25. The summed E-state index contributed by atoms with van der Waals surface area (Å²) in [5.74, 6) is 0.632. The summed E-state index contributed by atoms with van der Waals surface area (Å²) in [6.45, 7) is 7.11. The number of hydrogen-bond acceptors (Lipinski definition) is 5. The first-order valence-corrected chi connectivity index (χ1v) is 9.21. The second-order valence-corrected chi connectivity index (χ2v) is 7.14. The van der Waals surface area contributed by atoms with E-state index in [2.05, 4.69) is 38.0 Å². The van der Waals surface area contributed by atoms with Gasteiger partial charge in [0.25, 0.3) is 0 Å². The number of rotatable bonds is 4. The molecule has 0 bridgehead atoms. The molecule has 0 saturated carbocycles. The predicted molar refractivity (Wildman–Crippen MR) is 96.9 cm³/mol. The van der Waals surface area contributed by atoms with Crippen LogP contribution in [0.5, 0.6) is 0 Å². The summed E-state index contributed by atoms with van der Waals surface area (Å²) in [6.07, 6.45) is 9.12. The number of piperidine rings is 1. The average molecular weight is 338 g/mol. The molecule has 0 N–H and O–H groups in total. The topological polar surface area (TPSA) is 41.5 Å². The third-order valence-corrected chi connectivity index (χ3v) is 5.30. The van der Waals surface area contributed by atoms with Crippen molar-refractivity contribution < 1.29 is 4.74 Å². The summed E-state index contributed by atoms with van der Waals surface area (Å²) >= 11 is 0. The molecule has 2 aliphatic heterocycles. The van der Waals surface area contributed by atoms with E-state index in [0.29, 0.717) is 12.0 Å². The predicted octanol–water partition coefficient (Wildman–Crippen LogP) is 2.20. The molecule has 25 heavy (non-hydrogen) atoms. The number of fused-ring (bicyclic) bond motifs is 1. The summed E-state index contributed by atoms with van der Waals surface area (Å²) in [6, 6.07) is 8.39. The van der Waals surface area contributed by atoms with Gasteiger partial charge in [-0.25, -0.2) is 0 Å². The maximum absolute atomic E-state index is 6.23. The number of pyridine rings is 2. The quantitative estimate of drug-likeness (QED) is 0.855. The summed E-state index contributed by atoms with van der Waals surface area (Å²) in [7, 11) is 0. The van der Waals surface area contributed by atoms with Gasteiger partial charge in [-0.3, -0.25) is 19.8 Å². The van der Waals surface area contributed by atoms with E-state index >= 15 is 0 Å². The summed E-state index contributed by atoms with van der Waals surface area (Å²) in [5.41, 5.74) is 2.62. The molecule has 0 spiro atoms. The Morgan fingerprint density at radius 3 is 2.60 bits per heavy atom. The molecule has 0 amide bonds. The number of likely N-dealkylation sites (tertiary alicyclic amines) is 1. The highest BCUT2D eigenvalue weighted by atomic mass is 16.5. The van der Waals surface area contributed by atoms with Crippen LogP contribution >= 0.6 is 0 Å². The highest BCUT2D eigenvalue weighted by Gasteiger charge is 2.33. The Morgan fingerprint density at radius 2 is 1.76 bits per heavy atom. The number of ether oxygens (including phenoxy) is 1. The van der Waals surface area contributed by atoms with Gasteiger partial charge in [-0.15, -0.1) is 0 Å². The lowest BCUT2D eigenvalue weighted by Gasteiger charge is -2.38. The normalized spacial score (nSPS) is 25.3. The van der Waals surface area contributed by atoms with Gasteiger partial charge in [-0.1, -0.05) is 6.07 Å². The minimum Gasteiger partial charge on any atom is -0.375 e. The first-order valence-electron chi connectivity index (χ1n) is 9.21. The molecule has 0 unspecified atom stereocenters. The zero-order valence-corrected chi connectivity index (χ0v) is 14.6. The van der Waals surface area contributed by atoms with Crippen molar-refractivity contribution in [3.63, 3.8) is 0 Å². The van der Waals surface area contributed by atoms with Crippen LogP contribution in [0.4, 0.5) is 0 Å². The van der Waals surface area contributed by atoms with Crippen LogP contribution in [0.2, 0.25) is 0 Å². The van der Waals surface area contributed by atoms with Crippen molar-refractivity contribution in [2.45, 2.75) is 25.6 Å². The zero-order chi connectivity index (χ0) is 16.9. The SMILES string of the molecule is c1cncc(CN2CCO[C@@H]3CN(Cc4ccncc4)CC[C@@H]3C2)c1. The van der Waals surface area contributed by atoms with E-state index in [1.165, 1.54) is 17.5 Å². The molecule has 2 aliphatic rings. The summed E-state index contributed by atoms with van der Waals surface area (Å²) < 4.78 is 6.23. The van der Waals surface area contributed by atoms with E-state index in [0.717, 1.165) is 45.9 Å². The van der Waals surface area contributed by atoms with Crippen LogP contribution in [0.25, 0.3) is 0 Å². The Bertz CT molecular complexity index is 651. The maximum atomic E-state index is 6.23. The fraction of sp³-hybridized carbons (Fsp3) is 0.500. The van der Waals surface area contributed by atoms with E-state index in [1.807, 2.05) is 30.9 Å². The monoisotopic (exact) mass is 338 g/mol. The second-order valence-electron chi connectivity index (χ2n) is 7.14. The van der Waals surface area contributed by atoms with Gasteiger partial charge < -0.3 is 4.74 Å². The third kappa shape index (κ3) is 4.42. The van der Waals surface area contributed by atoms with Gasteiger partial charge in [0.1, 0.15) is 0 Å². The van der Waals surface area contributed by atoms with Crippen LogP contribution in [-0.2, 0) is 17.8 Å². The summed E-state index contributed by atoms with van der Waals surface area (Å²) in [4.78, 5) is 13.4. The van der Waals surface area contributed by atoms with Gasteiger partial charge in [0.05, 0.1) is 12.7 Å². The summed E-state index contributed by atoms with van der Waals surface area (Å²) in [5, 5.41) is 0. The molecular formula is C20H26N4O. The van der Waals surface area contributed by atoms with Crippen LogP contribution in [-0.4, -0.2) is 58.7 Å². The largest absolute Gasteiger partial charge is 0.375 e. The van der Waals surface area contributed by atoms with Crippen LogP contribution in [0, 0.1) is 5.92 Å². The second kappa shape index (κ2) is 8.04. The van der Waals surface area contributed by atoms with Crippen molar-refractivity contribution in [1.82, 2.24) is 19.8 Å². The van der Waals surface area contributed by atoms with Crippen LogP contribution < -0.4 is 0 Å². The Labute approximate surface area is 149 Å². The fourth-order valence-corrected chi connectivity index (χ4v) is 3.97. The van der Waals surface area contributed by atoms with E-state index in [9.17, 15) is 0 Å². The van der Waals surface area contributed by atoms with Crippen molar-refractivity contribution in [1.29, 1.82) is 0 Å². The van der Waals surface area contributed by atoms with E-state index < -0.39 is 0 Å². The van der Waals surface area contributed by atoms with Gasteiger partial charge >= 0.3 is 0 Å². The molecule has 132 valence electrons. The molecule has 5 heteroatoms. The minimum absolute atomic E-state index is 0.356. The lowest BCUT2D eigenvalue weighted by atomic mass is 9.93. The molecule has 0 aliphatic carbocycles. The first-order chi connectivity index (χ1) is 12.4. The Morgan fingerprint density at radius 1 is 0.920 bits per heavy atom. The molecule has 0 aromatic carbocycles. The smallest absolute Gasteiger partial charge is 0.0743 e. The van der Waals surface area contributed by atoms with Crippen LogP contribution in [0.15, 0.2) is 49.1 Å². The van der Waals surface area contributed by atoms with E-state index in [1.54, 1.807) is 0 Å². The molecule has 4 rings (SSSR count). The van der Waals surface area contributed by atoms with E-state index in [4.69, 9.17) is 4.74 Å². The lowest BCUT2D eigenvalue weighted by molar-refractivity contribution is -0.0242. The van der Waals surface area contributed by atoms with Gasteiger partial charge in [0, 0.05) is 63.4 Å². The molecule has 4 heterocycles. The van der Waals surface area contributed by atoms with Crippen LogP contribution in [0.1, 0.15) is 17.5 Å². The Kier molecular flexibility index (Phi) is 5.35. The highest BCUT2D eigenvalue weighted by molar-refractivity contribution is 5.10. The minimum atomic E-state index is 0.356. The molecule has 2 fully saturated rings. The number of nitrogens with zero attached hydrogens (tertiary/aromatic N) is 4. The third-order valence-electron chi connectivity index (χ3n) is 5.30. The molecule has 2 saturated heterocycles. The molecule has 5 nitrogen and oxygen atoms in total. The molecule has 2 aromatic heterocycles. The van der Waals surface area contributed by atoms with Crippen molar-refractivity contribution >= 4 is 0 Å². The standard InChI is InChI=1S/C20H26N4O/c1-2-18(12-22-6-1)14-24-10-11-25-20-16-23(9-5-19(20)15-24)13-17-3-7-21-8-4-17/h1-4,6-8,12,19-20H,5,9-11,13-16H2/t19-,20-/m1/s1. The number of hydrogen-bond donors (Lipinski definition) is 0. The van der Waals surface area contributed by atoms with Crippen molar-refractivity contribution in [2.75, 3.05) is 32.8 Å². The van der Waals surface area contributed by atoms with Gasteiger partial charge in [-0.05, 0) is 42.3 Å². The van der Waals surface area contributed by atoms with Crippen molar-refractivity contribution in [3.8, 4) is 0 Å². The fourth-order valence-electron chi connectivity index (χ4n) is 3.97. The molecule has 2 atom stereocenters. The average Bonchev–Trinajstić information content (AvgIpc) is 2.85. The molecule has 2 aromatic rings. The van der Waals surface area contributed by atoms with Crippen LogP contribution in [0.3, 0.4) is 0 Å². The Balaban J connectivity index is 1.34. The first kappa shape index (κ1) is 16.6. The maximum Gasteiger partial charge on any atom is 0.0743 e. The number of aromatic nitrogens is 2. The van der Waals surface area contributed by atoms with Crippen molar-refractivity contribution in [3.05, 3.63) is 60.2 Å². The van der Waals surface area contributed by atoms with E-state index in [-0.39, 0.29) is 0 Å². The van der Waals surface area contributed by atoms with Gasteiger partial charge in [0.2, 0.25) is 0 Å². The molecule has 0 radical (unpaired) electrons. The lowest BCUT2D eigenvalue weighted by Crippen LogP contribution is -2.46. The Hall–Kier alpha value is -1.82. The van der Waals surface area contributed by atoms with Gasteiger partial charge in [0.15, 0.2) is 0 Å². The zero-order valence-electron chi connectivity index (χ0n) is 14.6. The molecular weight excluding hydrogens is 312 g/mol. The van der Waals surface area contributed by atoms with Gasteiger partial charge in [-0.2, -0.15) is 0 Å².